The van der Waals surface area contributed by atoms with Crippen LogP contribution < -0.4 is 10.2 Å². The Morgan fingerprint density at radius 1 is 1.37 bits per heavy atom. The number of carboxylic acids is 1. The molecule has 0 aliphatic rings. The highest BCUT2D eigenvalue weighted by atomic mass is 16.5. The van der Waals surface area contributed by atoms with Crippen molar-refractivity contribution in [3.8, 4) is 0 Å². The first-order chi connectivity index (χ1) is 9.04. The molecule has 0 saturated heterocycles. The van der Waals surface area contributed by atoms with Crippen LogP contribution in [0.5, 0.6) is 0 Å². The van der Waals surface area contributed by atoms with Crippen molar-refractivity contribution in [2.24, 2.45) is 0 Å². The van der Waals surface area contributed by atoms with Crippen molar-refractivity contribution >= 4 is 17.7 Å². The van der Waals surface area contributed by atoms with E-state index in [1.807, 2.05) is 6.92 Å². The van der Waals surface area contributed by atoms with E-state index in [-0.39, 0.29) is 6.10 Å². The van der Waals surface area contributed by atoms with Gasteiger partial charge in [-0.1, -0.05) is 18.2 Å². The summed E-state index contributed by atoms with van der Waals surface area (Å²) in [5.74, 6) is -1.07. The van der Waals surface area contributed by atoms with Crippen LogP contribution in [0, 0.1) is 0 Å². The number of urea groups is 1. The Kier molecular flexibility index (Phi) is 5.81. The number of hydrogen-bond acceptors (Lipinski definition) is 3. The van der Waals surface area contributed by atoms with Crippen molar-refractivity contribution in [3.05, 3.63) is 30.3 Å². The molecule has 1 rings (SSSR count). The normalized spacial score (nSPS) is 11.7. The molecule has 19 heavy (non-hydrogen) atoms. The van der Waals surface area contributed by atoms with E-state index in [0.717, 1.165) is 0 Å². The van der Waals surface area contributed by atoms with Crippen molar-refractivity contribution in [1.29, 1.82) is 0 Å². The third-order valence-electron chi connectivity index (χ3n) is 2.55. The summed E-state index contributed by atoms with van der Waals surface area (Å²) in [5, 5.41) is 11.5. The number of carbonyl (C=O) groups excluding carboxylic acids is 1. The van der Waals surface area contributed by atoms with E-state index in [1.54, 1.807) is 37.4 Å². The molecule has 0 radical (unpaired) electrons. The molecule has 0 aromatic heterocycles. The van der Waals surface area contributed by atoms with E-state index in [4.69, 9.17) is 9.84 Å². The van der Waals surface area contributed by atoms with Gasteiger partial charge < -0.3 is 15.2 Å². The van der Waals surface area contributed by atoms with Crippen molar-refractivity contribution < 1.29 is 19.4 Å². The van der Waals surface area contributed by atoms with Crippen LogP contribution in [-0.4, -0.2) is 43.4 Å². The summed E-state index contributed by atoms with van der Waals surface area (Å²) in [5.41, 5.74) is 0.535. The van der Waals surface area contributed by atoms with Crippen LogP contribution in [0.3, 0.4) is 0 Å². The predicted octanol–water partition coefficient (Wildman–Crippen LogP) is 1.32. The molecule has 1 atom stereocenters. The number of rotatable bonds is 6. The van der Waals surface area contributed by atoms with Crippen LogP contribution >= 0.6 is 0 Å². The maximum Gasteiger partial charge on any atom is 0.323 e. The zero-order chi connectivity index (χ0) is 14.3. The smallest absolute Gasteiger partial charge is 0.323 e. The summed E-state index contributed by atoms with van der Waals surface area (Å²) < 4.78 is 5.02. The molecular formula is C13H18N2O4. The van der Waals surface area contributed by atoms with Gasteiger partial charge in [0.15, 0.2) is 0 Å². The number of carbonyl (C=O) groups is 2. The van der Waals surface area contributed by atoms with E-state index in [9.17, 15) is 9.59 Å². The third-order valence-corrected chi connectivity index (χ3v) is 2.55. The average Bonchev–Trinajstić information content (AvgIpc) is 2.42. The van der Waals surface area contributed by atoms with Crippen LogP contribution in [0.25, 0.3) is 0 Å². The fraction of sp³-hybridized carbons (Fsp3) is 0.385. The molecule has 0 bridgehead atoms. The summed E-state index contributed by atoms with van der Waals surface area (Å²) in [6.07, 6.45) is -0.133. The summed E-state index contributed by atoms with van der Waals surface area (Å²) in [4.78, 5) is 24.0. The lowest BCUT2D eigenvalue weighted by Gasteiger charge is -2.22. The van der Waals surface area contributed by atoms with Crippen LogP contribution in [0.2, 0.25) is 0 Å². The van der Waals surface area contributed by atoms with Crippen molar-refractivity contribution in [1.82, 2.24) is 5.32 Å². The summed E-state index contributed by atoms with van der Waals surface area (Å²) in [6, 6.07) is 8.19. The van der Waals surface area contributed by atoms with E-state index in [0.29, 0.717) is 12.2 Å². The highest BCUT2D eigenvalue weighted by molar-refractivity contribution is 5.96. The Morgan fingerprint density at radius 2 is 2.00 bits per heavy atom. The van der Waals surface area contributed by atoms with E-state index in [1.165, 1.54) is 4.90 Å². The molecule has 104 valence electrons. The molecular weight excluding hydrogens is 248 g/mol. The van der Waals surface area contributed by atoms with Crippen molar-refractivity contribution in [3.63, 3.8) is 0 Å². The number of aliphatic carboxylic acids is 1. The fourth-order valence-corrected chi connectivity index (χ4v) is 1.43. The number of carboxylic acid groups (broad SMARTS) is 1. The van der Waals surface area contributed by atoms with Gasteiger partial charge >= 0.3 is 12.0 Å². The van der Waals surface area contributed by atoms with Crippen LogP contribution in [0.4, 0.5) is 10.5 Å². The first-order valence-corrected chi connectivity index (χ1v) is 5.89. The van der Waals surface area contributed by atoms with Crippen LogP contribution in [0.1, 0.15) is 6.92 Å². The summed E-state index contributed by atoms with van der Waals surface area (Å²) >= 11 is 0. The summed E-state index contributed by atoms with van der Waals surface area (Å²) in [7, 11) is 1.54. The zero-order valence-electron chi connectivity index (χ0n) is 11.0. The van der Waals surface area contributed by atoms with E-state index >= 15 is 0 Å². The number of para-hydroxylation sites is 1. The largest absolute Gasteiger partial charge is 0.480 e. The van der Waals surface area contributed by atoms with Crippen molar-refractivity contribution in [2.45, 2.75) is 13.0 Å². The van der Waals surface area contributed by atoms with Crippen LogP contribution in [-0.2, 0) is 9.53 Å². The maximum absolute atomic E-state index is 12.0. The lowest BCUT2D eigenvalue weighted by molar-refractivity contribution is -0.135. The molecule has 1 aromatic carbocycles. The number of methoxy groups -OCH3 is 1. The maximum atomic E-state index is 12.0. The zero-order valence-corrected chi connectivity index (χ0v) is 11.0. The van der Waals surface area contributed by atoms with Gasteiger partial charge in [0.05, 0.1) is 6.10 Å². The molecule has 1 unspecified atom stereocenters. The molecule has 0 saturated carbocycles. The fourth-order valence-electron chi connectivity index (χ4n) is 1.43. The standard InChI is InChI=1S/C13H18N2O4/c1-10(19-2)8-14-13(18)15(9-12(16)17)11-6-4-3-5-7-11/h3-7,10H,8-9H2,1-2H3,(H,14,18)(H,16,17). The van der Waals surface area contributed by atoms with E-state index in [2.05, 4.69) is 5.32 Å². The van der Waals surface area contributed by atoms with Gasteiger partial charge in [-0.2, -0.15) is 0 Å². The number of amides is 2. The minimum absolute atomic E-state index is 0.133. The first kappa shape index (κ1) is 15.0. The van der Waals surface area contributed by atoms with Gasteiger partial charge in [0.2, 0.25) is 0 Å². The number of hydrogen-bond donors (Lipinski definition) is 2. The predicted molar refractivity (Wildman–Crippen MR) is 71.3 cm³/mol. The highest BCUT2D eigenvalue weighted by Crippen LogP contribution is 2.12. The molecule has 0 spiro atoms. The quantitative estimate of drug-likeness (QED) is 0.814. The Morgan fingerprint density at radius 3 is 2.53 bits per heavy atom. The molecule has 0 heterocycles. The van der Waals surface area contributed by atoms with Gasteiger partial charge in [0, 0.05) is 19.3 Å². The minimum Gasteiger partial charge on any atom is -0.480 e. The molecule has 1 aromatic rings. The lowest BCUT2D eigenvalue weighted by Crippen LogP contribution is -2.45. The second-order valence-corrected chi connectivity index (χ2v) is 4.05. The average molecular weight is 266 g/mol. The lowest BCUT2D eigenvalue weighted by atomic mass is 10.3. The number of benzene rings is 1. The third kappa shape index (κ3) is 4.97. The molecule has 0 fully saturated rings. The van der Waals surface area contributed by atoms with Gasteiger partial charge in [-0.15, -0.1) is 0 Å². The number of ether oxygens (including phenoxy) is 1. The second-order valence-electron chi connectivity index (χ2n) is 4.05. The Hall–Kier alpha value is -2.08. The molecule has 6 heteroatoms. The Balaban J connectivity index is 2.74. The molecule has 0 aliphatic heterocycles. The Labute approximate surface area is 112 Å². The van der Waals surface area contributed by atoms with Gasteiger partial charge in [0.1, 0.15) is 6.54 Å². The summed E-state index contributed by atoms with van der Waals surface area (Å²) in [6.45, 7) is 1.74. The number of anilines is 1. The second kappa shape index (κ2) is 7.38. The van der Waals surface area contributed by atoms with Crippen molar-refractivity contribution in [2.75, 3.05) is 25.1 Å². The molecule has 0 aliphatic carbocycles. The highest BCUT2D eigenvalue weighted by Gasteiger charge is 2.18. The van der Waals surface area contributed by atoms with Gasteiger partial charge in [-0.3, -0.25) is 9.69 Å². The minimum atomic E-state index is -1.07. The SMILES string of the molecule is COC(C)CNC(=O)N(CC(=O)O)c1ccccc1. The van der Waals surface area contributed by atoms with E-state index < -0.39 is 18.5 Å². The molecule has 2 amide bonds. The van der Waals surface area contributed by atoms with Gasteiger partial charge in [-0.05, 0) is 19.1 Å². The molecule has 6 nitrogen and oxygen atoms in total. The van der Waals surface area contributed by atoms with Gasteiger partial charge in [0.25, 0.3) is 0 Å². The van der Waals surface area contributed by atoms with Crippen LogP contribution in [0.15, 0.2) is 30.3 Å². The number of nitrogens with one attached hydrogen (secondary N) is 1. The number of nitrogens with zero attached hydrogens (tertiary/aromatic N) is 1. The monoisotopic (exact) mass is 266 g/mol. The molecule has 2 N–H and O–H groups in total. The topological polar surface area (TPSA) is 78.9 Å². The first-order valence-electron chi connectivity index (χ1n) is 5.89. The van der Waals surface area contributed by atoms with Gasteiger partial charge in [-0.25, -0.2) is 4.79 Å². The Bertz CT molecular complexity index is 422.